The number of hydrogen-bond acceptors (Lipinski definition) is 4. The molecule has 2 aromatic rings. The van der Waals surface area contributed by atoms with Crippen LogP contribution in [-0.2, 0) is 4.79 Å². The molecule has 2 rings (SSSR count). The molecular formula is C15H11Cl2FN2O4. The number of carbonyl (C=O) groups is 2. The number of alkyl halides is 1. The number of benzene rings is 1. The molecule has 1 aromatic carbocycles. The van der Waals surface area contributed by atoms with Gasteiger partial charge in [0, 0.05) is 17.5 Å². The van der Waals surface area contributed by atoms with Crippen molar-refractivity contribution < 1.29 is 23.8 Å². The third-order valence-electron chi connectivity index (χ3n) is 2.90. The molecule has 0 aliphatic rings. The SMILES string of the molecule is CC(=O)Nc1cc(-c2ccc(Cl)cc2OCF)nc(C(=O)O)c1Cl. The number of carbonyl (C=O) groups excluding carboxylic acids is 1. The van der Waals surface area contributed by atoms with Gasteiger partial charge in [0.1, 0.15) is 5.75 Å². The molecule has 0 aliphatic carbocycles. The normalized spacial score (nSPS) is 10.3. The Labute approximate surface area is 146 Å². The van der Waals surface area contributed by atoms with Crippen LogP contribution in [0.25, 0.3) is 11.3 Å². The summed E-state index contributed by atoms with van der Waals surface area (Å²) in [5.74, 6) is -1.75. The molecule has 0 unspecified atom stereocenters. The third-order valence-corrected chi connectivity index (χ3v) is 3.52. The summed E-state index contributed by atoms with van der Waals surface area (Å²) in [7, 11) is 0. The molecule has 0 radical (unpaired) electrons. The monoisotopic (exact) mass is 372 g/mol. The number of nitrogens with zero attached hydrogens (tertiary/aromatic N) is 1. The standard InChI is InChI=1S/C15H11Cl2FN2O4/c1-7(21)19-11-5-10(20-14(13(11)17)15(22)23)9-3-2-8(16)4-12(9)24-6-18/h2-5H,6H2,1H3,(H,22,23)(H,19,20,21). The van der Waals surface area contributed by atoms with E-state index in [2.05, 4.69) is 10.3 Å². The van der Waals surface area contributed by atoms with Gasteiger partial charge in [-0.15, -0.1) is 0 Å². The number of halogens is 3. The smallest absolute Gasteiger partial charge is 0.356 e. The minimum Gasteiger partial charge on any atom is -0.476 e. The van der Waals surface area contributed by atoms with Crippen LogP contribution in [0.15, 0.2) is 24.3 Å². The Morgan fingerprint density at radius 3 is 2.62 bits per heavy atom. The van der Waals surface area contributed by atoms with Gasteiger partial charge in [-0.1, -0.05) is 23.2 Å². The highest BCUT2D eigenvalue weighted by Crippen LogP contribution is 2.36. The molecule has 126 valence electrons. The summed E-state index contributed by atoms with van der Waals surface area (Å²) in [5, 5.41) is 11.7. The van der Waals surface area contributed by atoms with E-state index in [9.17, 15) is 19.1 Å². The van der Waals surface area contributed by atoms with Crippen molar-refractivity contribution in [2.24, 2.45) is 0 Å². The lowest BCUT2D eigenvalue weighted by Gasteiger charge is -2.13. The summed E-state index contributed by atoms with van der Waals surface area (Å²) in [6.07, 6.45) is 0. The van der Waals surface area contributed by atoms with Gasteiger partial charge in [-0.2, -0.15) is 0 Å². The molecule has 1 aromatic heterocycles. The molecule has 1 amide bonds. The van der Waals surface area contributed by atoms with E-state index in [1.54, 1.807) is 0 Å². The van der Waals surface area contributed by atoms with Crippen LogP contribution < -0.4 is 10.1 Å². The maximum atomic E-state index is 12.6. The maximum absolute atomic E-state index is 12.6. The second-order valence-corrected chi connectivity index (χ2v) is 5.41. The molecule has 6 nitrogen and oxygen atoms in total. The average molecular weight is 373 g/mol. The van der Waals surface area contributed by atoms with Crippen molar-refractivity contribution in [3.05, 3.63) is 40.0 Å². The van der Waals surface area contributed by atoms with E-state index in [1.165, 1.54) is 31.2 Å². The van der Waals surface area contributed by atoms with E-state index in [-0.39, 0.29) is 22.2 Å². The topological polar surface area (TPSA) is 88.5 Å². The zero-order chi connectivity index (χ0) is 17.9. The Hall–Kier alpha value is -2.38. The van der Waals surface area contributed by atoms with Gasteiger partial charge in [0.05, 0.1) is 16.4 Å². The van der Waals surface area contributed by atoms with Crippen LogP contribution in [0.3, 0.4) is 0 Å². The third kappa shape index (κ3) is 3.93. The molecule has 1 heterocycles. The van der Waals surface area contributed by atoms with Crippen LogP contribution in [0.1, 0.15) is 17.4 Å². The Morgan fingerprint density at radius 1 is 1.33 bits per heavy atom. The first kappa shape index (κ1) is 18.0. The first-order chi connectivity index (χ1) is 11.3. The van der Waals surface area contributed by atoms with Crippen LogP contribution in [0.5, 0.6) is 5.75 Å². The summed E-state index contributed by atoms with van der Waals surface area (Å²) in [4.78, 5) is 26.6. The zero-order valence-corrected chi connectivity index (χ0v) is 13.8. The highest BCUT2D eigenvalue weighted by molar-refractivity contribution is 6.36. The van der Waals surface area contributed by atoms with Gasteiger partial charge >= 0.3 is 5.97 Å². The zero-order valence-electron chi connectivity index (χ0n) is 12.3. The van der Waals surface area contributed by atoms with Crippen molar-refractivity contribution in [2.75, 3.05) is 12.2 Å². The van der Waals surface area contributed by atoms with E-state index >= 15 is 0 Å². The number of carboxylic acid groups (broad SMARTS) is 1. The highest BCUT2D eigenvalue weighted by atomic mass is 35.5. The number of nitrogens with one attached hydrogen (secondary N) is 1. The van der Waals surface area contributed by atoms with Gasteiger partial charge in [-0.3, -0.25) is 4.79 Å². The van der Waals surface area contributed by atoms with Gasteiger partial charge in [0.2, 0.25) is 12.8 Å². The number of aromatic nitrogens is 1. The second-order valence-electron chi connectivity index (χ2n) is 4.60. The molecule has 0 spiro atoms. The van der Waals surface area contributed by atoms with Crippen LogP contribution >= 0.6 is 23.2 Å². The summed E-state index contributed by atoms with van der Waals surface area (Å²) in [6, 6.07) is 5.74. The minimum atomic E-state index is -1.38. The fraction of sp³-hybridized carbons (Fsp3) is 0.133. The fourth-order valence-corrected chi connectivity index (χ4v) is 2.36. The molecule has 0 atom stereocenters. The molecule has 0 saturated carbocycles. The van der Waals surface area contributed by atoms with Crippen LogP contribution in [0, 0.1) is 0 Å². The molecule has 24 heavy (non-hydrogen) atoms. The number of ether oxygens (including phenoxy) is 1. The lowest BCUT2D eigenvalue weighted by atomic mass is 10.1. The van der Waals surface area contributed by atoms with Crippen molar-refractivity contribution in [2.45, 2.75) is 6.92 Å². The lowest BCUT2D eigenvalue weighted by molar-refractivity contribution is -0.114. The number of rotatable bonds is 5. The molecule has 2 N–H and O–H groups in total. The molecule has 0 bridgehead atoms. The van der Waals surface area contributed by atoms with Crippen LogP contribution in [0.2, 0.25) is 10.0 Å². The molecule has 9 heteroatoms. The molecule has 0 saturated heterocycles. The number of aromatic carboxylic acids is 1. The van der Waals surface area contributed by atoms with Crippen molar-refractivity contribution in [3.8, 4) is 17.0 Å². The van der Waals surface area contributed by atoms with E-state index in [0.29, 0.717) is 10.6 Å². The number of hydrogen-bond donors (Lipinski definition) is 2. The Kier molecular flexibility index (Phi) is 5.58. The number of anilines is 1. The largest absolute Gasteiger partial charge is 0.476 e. The first-order valence-corrected chi connectivity index (χ1v) is 7.29. The maximum Gasteiger partial charge on any atom is 0.356 e. The van der Waals surface area contributed by atoms with Gasteiger partial charge in [0.25, 0.3) is 0 Å². The second kappa shape index (κ2) is 7.46. The summed E-state index contributed by atoms with van der Waals surface area (Å²) in [5.41, 5.74) is 0.0234. The molecule has 0 fully saturated rings. The van der Waals surface area contributed by atoms with E-state index in [4.69, 9.17) is 27.9 Å². The Morgan fingerprint density at radius 2 is 2.04 bits per heavy atom. The lowest BCUT2D eigenvalue weighted by Crippen LogP contribution is -2.11. The number of carboxylic acids is 1. The van der Waals surface area contributed by atoms with Gasteiger partial charge < -0.3 is 15.2 Å². The van der Waals surface area contributed by atoms with Gasteiger partial charge in [-0.25, -0.2) is 14.2 Å². The first-order valence-electron chi connectivity index (χ1n) is 6.53. The number of amides is 1. The Balaban J connectivity index is 2.68. The van der Waals surface area contributed by atoms with E-state index in [1.807, 2.05) is 0 Å². The van der Waals surface area contributed by atoms with Gasteiger partial charge in [0.15, 0.2) is 5.69 Å². The highest BCUT2D eigenvalue weighted by Gasteiger charge is 2.20. The van der Waals surface area contributed by atoms with Crippen molar-refractivity contribution >= 4 is 40.8 Å². The average Bonchev–Trinajstić information content (AvgIpc) is 2.49. The van der Waals surface area contributed by atoms with Crippen LogP contribution in [-0.4, -0.2) is 28.8 Å². The van der Waals surface area contributed by atoms with E-state index < -0.39 is 24.4 Å². The van der Waals surface area contributed by atoms with Crippen molar-refractivity contribution in [3.63, 3.8) is 0 Å². The van der Waals surface area contributed by atoms with Crippen molar-refractivity contribution in [1.29, 1.82) is 0 Å². The summed E-state index contributed by atoms with van der Waals surface area (Å²) >= 11 is 11.8. The quantitative estimate of drug-likeness (QED) is 0.827. The predicted octanol–water partition coefficient (Wildman–Crippen LogP) is 4.02. The molecular weight excluding hydrogens is 362 g/mol. The minimum absolute atomic E-state index is 0.0627. The predicted molar refractivity (Wildman–Crippen MR) is 87.6 cm³/mol. The summed E-state index contributed by atoms with van der Waals surface area (Å²) in [6.45, 7) is 0.141. The van der Waals surface area contributed by atoms with E-state index in [0.717, 1.165) is 0 Å². The number of pyridine rings is 1. The van der Waals surface area contributed by atoms with Crippen LogP contribution in [0.4, 0.5) is 10.1 Å². The summed E-state index contributed by atoms with van der Waals surface area (Å²) < 4.78 is 17.4. The van der Waals surface area contributed by atoms with Crippen molar-refractivity contribution in [1.82, 2.24) is 4.98 Å². The Bertz CT molecular complexity index is 814. The molecule has 0 aliphatic heterocycles. The fourth-order valence-electron chi connectivity index (χ4n) is 1.98. The van der Waals surface area contributed by atoms with Gasteiger partial charge in [-0.05, 0) is 24.3 Å².